The Kier molecular flexibility index (Phi) is 4.25. The lowest BCUT2D eigenvalue weighted by Crippen LogP contribution is -2.38. The Hall–Kier alpha value is -1.50. The van der Waals surface area contributed by atoms with E-state index in [-0.39, 0.29) is 6.10 Å². The molecule has 0 saturated carbocycles. The summed E-state index contributed by atoms with van der Waals surface area (Å²) in [5.74, 6) is 0.801. The summed E-state index contributed by atoms with van der Waals surface area (Å²) in [5, 5.41) is 5.20. The van der Waals surface area contributed by atoms with E-state index in [0.717, 1.165) is 37.8 Å². The summed E-state index contributed by atoms with van der Waals surface area (Å²) >= 11 is 1.80. The topological polar surface area (TPSA) is 50.3 Å². The van der Waals surface area contributed by atoms with Gasteiger partial charge in [-0.2, -0.15) is 0 Å². The molecule has 0 aromatic carbocycles. The second-order valence-corrected chi connectivity index (χ2v) is 5.75. The van der Waals surface area contributed by atoms with E-state index in [1.165, 1.54) is 4.88 Å². The zero-order valence-corrected chi connectivity index (χ0v) is 12.3. The van der Waals surface area contributed by atoms with Crippen LogP contribution >= 0.6 is 11.3 Å². The van der Waals surface area contributed by atoms with Crippen LogP contribution in [0.25, 0.3) is 0 Å². The summed E-state index contributed by atoms with van der Waals surface area (Å²) < 4.78 is 5.88. The van der Waals surface area contributed by atoms with Gasteiger partial charge in [0.15, 0.2) is 0 Å². The van der Waals surface area contributed by atoms with E-state index in [9.17, 15) is 0 Å². The van der Waals surface area contributed by atoms with Gasteiger partial charge in [0.25, 0.3) is 0 Å². The van der Waals surface area contributed by atoms with Crippen LogP contribution in [0.15, 0.2) is 29.9 Å². The maximum Gasteiger partial charge on any atom is 0.150 e. The third-order valence-electron chi connectivity index (χ3n) is 3.38. The van der Waals surface area contributed by atoms with Crippen molar-refractivity contribution in [2.75, 3.05) is 32.1 Å². The molecule has 0 amide bonds. The third kappa shape index (κ3) is 2.98. The molecule has 0 radical (unpaired) electrons. The fourth-order valence-electron chi connectivity index (χ4n) is 2.41. The lowest BCUT2D eigenvalue weighted by Gasteiger charge is -2.32. The molecule has 1 aliphatic heterocycles. The van der Waals surface area contributed by atoms with Crippen LogP contribution in [0.2, 0.25) is 0 Å². The minimum atomic E-state index is -0.0140. The molecule has 1 N–H and O–H groups in total. The molecular weight excluding hydrogens is 272 g/mol. The minimum absolute atomic E-state index is 0.0140. The molecule has 3 heterocycles. The van der Waals surface area contributed by atoms with Crippen LogP contribution in [0.1, 0.15) is 16.7 Å². The van der Waals surface area contributed by atoms with Crippen molar-refractivity contribution in [2.45, 2.75) is 12.6 Å². The van der Waals surface area contributed by atoms with Gasteiger partial charge in [-0.25, -0.2) is 4.98 Å². The highest BCUT2D eigenvalue weighted by molar-refractivity contribution is 7.09. The van der Waals surface area contributed by atoms with Crippen LogP contribution in [0.5, 0.6) is 0 Å². The molecule has 1 saturated heterocycles. The molecular formula is C14H18N4OS. The lowest BCUT2D eigenvalue weighted by atomic mass is 10.2. The van der Waals surface area contributed by atoms with Gasteiger partial charge in [0.1, 0.15) is 17.6 Å². The Morgan fingerprint density at radius 1 is 1.45 bits per heavy atom. The zero-order chi connectivity index (χ0) is 13.8. The Morgan fingerprint density at radius 3 is 3.15 bits per heavy atom. The quantitative estimate of drug-likeness (QED) is 0.935. The maximum atomic E-state index is 5.88. The molecule has 0 aliphatic carbocycles. The van der Waals surface area contributed by atoms with Crippen molar-refractivity contribution < 1.29 is 4.74 Å². The SMILES string of the molecule is CNc1nccnc1C1CN(Cc2cccs2)CCO1. The van der Waals surface area contributed by atoms with Crippen molar-refractivity contribution in [1.82, 2.24) is 14.9 Å². The van der Waals surface area contributed by atoms with E-state index in [1.54, 1.807) is 23.7 Å². The first-order valence-corrected chi connectivity index (χ1v) is 7.60. The van der Waals surface area contributed by atoms with Crippen molar-refractivity contribution in [3.05, 3.63) is 40.5 Å². The number of rotatable bonds is 4. The van der Waals surface area contributed by atoms with E-state index in [1.807, 2.05) is 7.05 Å². The zero-order valence-electron chi connectivity index (χ0n) is 11.5. The minimum Gasteiger partial charge on any atom is -0.372 e. The van der Waals surface area contributed by atoms with Crippen LogP contribution in [0, 0.1) is 0 Å². The van der Waals surface area contributed by atoms with Gasteiger partial charge in [0, 0.05) is 44.0 Å². The van der Waals surface area contributed by atoms with Gasteiger partial charge in [-0.1, -0.05) is 6.07 Å². The Bertz CT molecular complexity index is 546. The normalized spacial score (nSPS) is 19.9. The molecule has 1 atom stereocenters. The summed E-state index contributed by atoms with van der Waals surface area (Å²) in [7, 11) is 1.86. The summed E-state index contributed by atoms with van der Waals surface area (Å²) in [4.78, 5) is 12.5. The van der Waals surface area contributed by atoms with Crippen molar-refractivity contribution in [1.29, 1.82) is 0 Å². The molecule has 1 aliphatic rings. The van der Waals surface area contributed by atoms with E-state index in [2.05, 4.69) is 37.7 Å². The highest BCUT2D eigenvalue weighted by Crippen LogP contribution is 2.26. The molecule has 2 aromatic heterocycles. The van der Waals surface area contributed by atoms with Gasteiger partial charge < -0.3 is 10.1 Å². The van der Waals surface area contributed by atoms with E-state index in [0.29, 0.717) is 0 Å². The third-order valence-corrected chi connectivity index (χ3v) is 4.24. The first-order valence-electron chi connectivity index (χ1n) is 6.72. The first kappa shape index (κ1) is 13.5. The van der Waals surface area contributed by atoms with Gasteiger partial charge in [0.05, 0.1) is 6.61 Å². The number of nitrogens with one attached hydrogen (secondary N) is 1. The standard InChI is InChI=1S/C14H18N4OS/c1-15-14-13(16-4-5-17-14)12-10-18(6-7-19-12)9-11-3-2-8-20-11/h2-5,8,12H,6-7,9-10H2,1H3,(H,15,17). The van der Waals surface area contributed by atoms with Gasteiger partial charge in [0.2, 0.25) is 0 Å². The summed E-state index contributed by atoms with van der Waals surface area (Å²) in [6.45, 7) is 3.53. The predicted molar refractivity (Wildman–Crippen MR) is 79.9 cm³/mol. The van der Waals surface area contributed by atoms with Crippen LogP contribution in [0.4, 0.5) is 5.82 Å². The van der Waals surface area contributed by atoms with Crippen molar-refractivity contribution in [2.24, 2.45) is 0 Å². The fourth-order valence-corrected chi connectivity index (χ4v) is 3.16. The van der Waals surface area contributed by atoms with Crippen molar-refractivity contribution in [3.63, 3.8) is 0 Å². The Morgan fingerprint density at radius 2 is 2.35 bits per heavy atom. The number of thiophene rings is 1. The average Bonchev–Trinajstić information content (AvgIpc) is 3.00. The van der Waals surface area contributed by atoms with Crippen molar-refractivity contribution in [3.8, 4) is 0 Å². The molecule has 2 aromatic rings. The van der Waals surface area contributed by atoms with Gasteiger partial charge in [-0.15, -0.1) is 11.3 Å². The van der Waals surface area contributed by atoms with Gasteiger partial charge in [-0.05, 0) is 11.4 Å². The highest BCUT2D eigenvalue weighted by atomic mass is 32.1. The van der Waals surface area contributed by atoms with E-state index >= 15 is 0 Å². The van der Waals surface area contributed by atoms with Crippen LogP contribution < -0.4 is 5.32 Å². The monoisotopic (exact) mass is 290 g/mol. The fraction of sp³-hybridized carbons (Fsp3) is 0.429. The first-order chi connectivity index (χ1) is 9.86. The van der Waals surface area contributed by atoms with Crippen molar-refractivity contribution >= 4 is 17.2 Å². The number of hydrogen-bond acceptors (Lipinski definition) is 6. The summed E-state index contributed by atoms with van der Waals surface area (Å²) in [5.41, 5.74) is 0.894. The van der Waals surface area contributed by atoms with Gasteiger partial charge >= 0.3 is 0 Å². The molecule has 106 valence electrons. The predicted octanol–water partition coefficient (Wildman–Crippen LogP) is 2.15. The van der Waals surface area contributed by atoms with E-state index in [4.69, 9.17) is 4.74 Å². The van der Waals surface area contributed by atoms with Crippen LogP contribution in [0.3, 0.4) is 0 Å². The molecule has 6 heteroatoms. The molecule has 0 spiro atoms. The number of morpholine rings is 1. The summed E-state index contributed by atoms with van der Waals surface area (Å²) in [6, 6.07) is 4.27. The van der Waals surface area contributed by atoms with Crippen LogP contribution in [-0.4, -0.2) is 41.6 Å². The molecule has 1 unspecified atom stereocenters. The lowest BCUT2D eigenvalue weighted by molar-refractivity contribution is -0.0344. The number of aromatic nitrogens is 2. The highest BCUT2D eigenvalue weighted by Gasteiger charge is 2.25. The molecule has 0 bridgehead atoms. The van der Waals surface area contributed by atoms with Crippen LogP contribution in [-0.2, 0) is 11.3 Å². The molecule has 20 heavy (non-hydrogen) atoms. The second kappa shape index (κ2) is 6.30. The number of hydrogen-bond donors (Lipinski definition) is 1. The number of anilines is 1. The Labute approximate surface area is 122 Å². The van der Waals surface area contributed by atoms with E-state index < -0.39 is 0 Å². The largest absolute Gasteiger partial charge is 0.372 e. The smallest absolute Gasteiger partial charge is 0.150 e. The average molecular weight is 290 g/mol. The number of ether oxygens (including phenoxy) is 1. The number of nitrogens with zero attached hydrogens (tertiary/aromatic N) is 3. The van der Waals surface area contributed by atoms with Gasteiger partial charge in [-0.3, -0.25) is 9.88 Å². The molecule has 3 rings (SSSR count). The summed E-state index contributed by atoms with van der Waals surface area (Å²) in [6.07, 6.45) is 3.40. The molecule has 1 fully saturated rings. The maximum absolute atomic E-state index is 5.88. The second-order valence-electron chi connectivity index (χ2n) is 4.71. The molecule has 5 nitrogen and oxygen atoms in total. The Balaban J connectivity index is 1.71.